The highest BCUT2D eigenvalue weighted by molar-refractivity contribution is 7.90. The highest BCUT2D eigenvalue weighted by Gasteiger charge is 2.32. The van der Waals surface area contributed by atoms with Crippen LogP contribution in [0, 0.1) is 5.92 Å². The molecule has 0 saturated carbocycles. The molecular formula is C21H25N3O3S. The molecule has 7 heteroatoms. The number of fused-ring (bicyclic) bond motifs is 1. The van der Waals surface area contributed by atoms with Gasteiger partial charge in [0, 0.05) is 12.1 Å². The zero-order valence-electron chi connectivity index (χ0n) is 16.1. The summed E-state index contributed by atoms with van der Waals surface area (Å²) >= 11 is 0. The van der Waals surface area contributed by atoms with Crippen molar-refractivity contribution < 1.29 is 13.2 Å². The molecular weight excluding hydrogens is 374 g/mol. The molecule has 0 spiro atoms. The average Bonchev–Trinajstić information content (AvgIpc) is 2.92. The number of rotatable bonds is 7. The number of carbonyl (C=O) groups is 1. The summed E-state index contributed by atoms with van der Waals surface area (Å²) in [7, 11) is -3.62. The predicted octanol–water partition coefficient (Wildman–Crippen LogP) is 2.50. The Bertz CT molecular complexity index is 969. The van der Waals surface area contributed by atoms with Crippen LogP contribution in [0.5, 0.6) is 0 Å². The zero-order chi connectivity index (χ0) is 20.1. The fourth-order valence-electron chi connectivity index (χ4n) is 3.14. The summed E-state index contributed by atoms with van der Waals surface area (Å²) in [6, 6.07) is 15.9. The number of amidine groups is 1. The SMILES string of the molecule is CC(C)CC(N=C1NS(=O)(=O)c2ccccc21)C(=O)NCCc1ccccc1. The first-order valence-electron chi connectivity index (χ1n) is 9.38. The van der Waals surface area contributed by atoms with Gasteiger partial charge in [0.25, 0.3) is 10.0 Å². The minimum absolute atomic E-state index is 0.194. The van der Waals surface area contributed by atoms with E-state index in [1.54, 1.807) is 18.2 Å². The molecule has 1 amide bonds. The van der Waals surface area contributed by atoms with Crippen molar-refractivity contribution in [1.82, 2.24) is 10.0 Å². The van der Waals surface area contributed by atoms with E-state index in [1.165, 1.54) is 6.07 Å². The number of nitrogens with one attached hydrogen (secondary N) is 2. The molecule has 0 radical (unpaired) electrons. The Hall–Kier alpha value is -2.67. The van der Waals surface area contributed by atoms with Crippen LogP contribution in [-0.2, 0) is 21.2 Å². The van der Waals surface area contributed by atoms with Crippen LogP contribution in [0.15, 0.2) is 64.5 Å². The van der Waals surface area contributed by atoms with E-state index >= 15 is 0 Å². The molecule has 1 aliphatic heterocycles. The first-order chi connectivity index (χ1) is 13.4. The maximum absolute atomic E-state index is 12.7. The predicted molar refractivity (Wildman–Crippen MR) is 110 cm³/mol. The third-order valence-electron chi connectivity index (χ3n) is 4.50. The summed E-state index contributed by atoms with van der Waals surface area (Å²) in [4.78, 5) is 17.4. The lowest BCUT2D eigenvalue weighted by atomic mass is 10.0. The van der Waals surface area contributed by atoms with E-state index in [9.17, 15) is 13.2 Å². The summed E-state index contributed by atoms with van der Waals surface area (Å²) in [6.07, 6.45) is 1.26. The lowest BCUT2D eigenvalue weighted by molar-refractivity contribution is -0.122. The van der Waals surface area contributed by atoms with Crippen LogP contribution in [-0.4, -0.2) is 32.7 Å². The number of nitrogens with zero attached hydrogens (tertiary/aromatic N) is 1. The first-order valence-corrected chi connectivity index (χ1v) is 10.9. The Labute approximate surface area is 166 Å². The van der Waals surface area contributed by atoms with Gasteiger partial charge in [-0.1, -0.05) is 56.3 Å². The molecule has 148 valence electrons. The second-order valence-corrected chi connectivity index (χ2v) is 8.90. The van der Waals surface area contributed by atoms with Crippen molar-refractivity contribution in [2.45, 2.75) is 37.6 Å². The molecule has 0 saturated heterocycles. The molecule has 28 heavy (non-hydrogen) atoms. The van der Waals surface area contributed by atoms with Gasteiger partial charge in [-0.15, -0.1) is 0 Å². The smallest absolute Gasteiger partial charge is 0.263 e. The summed E-state index contributed by atoms with van der Waals surface area (Å²) < 4.78 is 27.0. The second kappa shape index (κ2) is 8.56. The van der Waals surface area contributed by atoms with Crippen molar-refractivity contribution in [3.8, 4) is 0 Å². The van der Waals surface area contributed by atoms with Crippen LogP contribution in [0.4, 0.5) is 0 Å². The molecule has 6 nitrogen and oxygen atoms in total. The average molecular weight is 400 g/mol. The fraction of sp³-hybridized carbons (Fsp3) is 0.333. The van der Waals surface area contributed by atoms with Crippen LogP contribution in [0.2, 0.25) is 0 Å². The maximum atomic E-state index is 12.7. The van der Waals surface area contributed by atoms with Gasteiger partial charge in [-0.05, 0) is 36.5 Å². The molecule has 1 heterocycles. The minimum Gasteiger partial charge on any atom is -0.354 e. The van der Waals surface area contributed by atoms with Crippen LogP contribution in [0.25, 0.3) is 0 Å². The van der Waals surface area contributed by atoms with Gasteiger partial charge in [-0.3, -0.25) is 14.5 Å². The lowest BCUT2D eigenvalue weighted by Gasteiger charge is -2.16. The second-order valence-electron chi connectivity index (χ2n) is 7.25. The largest absolute Gasteiger partial charge is 0.354 e. The van der Waals surface area contributed by atoms with E-state index in [2.05, 4.69) is 15.0 Å². The van der Waals surface area contributed by atoms with Crippen LogP contribution < -0.4 is 10.0 Å². The Morgan fingerprint density at radius 3 is 2.46 bits per heavy atom. The molecule has 2 aromatic rings. The Balaban J connectivity index is 1.75. The Kier molecular flexibility index (Phi) is 6.14. The van der Waals surface area contributed by atoms with Gasteiger partial charge >= 0.3 is 0 Å². The molecule has 0 bridgehead atoms. The molecule has 1 atom stereocenters. The summed E-state index contributed by atoms with van der Waals surface area (Å²) in [5.74, 6) is 0.280. The van der Waals surface area contributed by atoms with Gasteiger partial charge < -0.3 is 5.32 Å². The number of benzene rings is 2. The van der Waals surface area contributed by atoms with Gasteiger partial charge in [0.2, 0.25) is 5.91 Å². The third-order valence-corrected chi connectivity index (χ3v) is 5.90. The van der Waals surface area contributed by atoms with E-state index in [0.717, 1.165) is 12.0 Å². The summed E-state index contributed by atoms with van der Waals surface area (Å²) in [6.45, 7) is 4.53. The molecule has 0 fully saturated rings. The minimum atomic E-state index is -3.62. The molecule has 0 aliphatic carbocycles. The van der Waals surface area contributed by atoms with Gasteiger partial charge in [-0.2, -0.15) is 0 Å². The van der Waals surface area contributed by atoms with Gasteiger partial charge in [0.05, 0.1) is 4.90 Å². The maximum Gasteiger partial charge on any atom is 0.263 e. The number of hydrogen-bond donors (Lipinski definition) is 2. The monoisotopic (exact) mass is 399 g/mol. The Morgan fingerprint density at radius 2 is 1.75 bits per heavy atom. The van der Waals surface area contributed by atoms with Crippen molar-refractivity contribution in [3.63, 3.8) is 0 Å². The van der Waals surface area contributed by atoms with Crippen molar-refractivity contribution in [2.24, 2.45) is 10.9 Å². The van der Waals surface area contributed by atoms with E-state index < -0.39 is 16.1 Å². The van der Waals surface area contributed by atoms with Crippen LogP contribution >= 0.6 is 0 Å². The van der Waals surface area contributed by atoms with E-state index in [4.69, 9.17) is 0 Å². The summed E-state index contributed by atoms with van der Waals surface area (Å²) in [5, 5.41) is 2.93. The molecule has 3 rings (SSSR count). The zero-order valence-corrected chi connectivity index (χ0v) is 16.9. The quantitative estimate of drug-likeness (QED) is 0.750. The van der Waals surface area contributed by atoms with E-state index in [1.807, 2.05) is 44.2 Å². The molecule has 2 aromatic carbocycles. The van der Waals surface area contributed by atoms with Crippen molar-refractivity contribution in [2.75, 3.05) is 6.54 Å². The highest BCUT2D eigenvalue weighted by Crippen LogP contribution is 2.23. The number of hydrogen-bond acceptors (Lipinski definition) is 4. The number of amides is 1. The van der Waals surface area contributed by atoms with Crippen LogP contribution in [0.3, 0.4) is 0 Å². The molecule has 2 N–H and O–H groups in total. The number of sulfonamides is 1. The number of carbonyl (C=O) groups excluding carboxylic acids is 1. The van der Waals surface area contributed by atoms with E-state index in [0.29, 0.717) is 18.5 Å². The fourth-order valence-corrected chi connectivity index (χ4v) is 4.38. The third kappa shape index (κ3) is 4.78. The normalized spacial score (nSPS) is 17.2. The van der Waals surface area contributed by atoms with Crippen molar-refractivity contribution in [1.29, 1.82) is 0 Å². The van der Waals surface area contributed by atoms with Crippen molar-refractivity contribution >= 4 is 21.8 Å². The number of aliphatic imine (C=N–C) groups is 1. The molecule has 1 unspecified atom stereocenters. The van der Waals surface area contributed by atoms with Gasteiger partial charge in [-0.25, -0.2) is 8.42 Å². The first kappa shape index (κ1) is 20.1. The topological polar surface area (TPSA) is 87.6 Å². The molecule has 1 aliphatic rings. The lowest BCUT2D eigenvalue weighted by Crippen LogP contribution is -2.37. The van der Waals surface area contributed by atoms with Gasteiger partial charge in [0.1, 0.15) is 11.9 Å². The van der Waals surface area contributed by atoms with Gasteiger partial charge in [0.15, 0.2) is 0 Å². The highest BCUT2D eigenvalue weighted by atomic mass is 32.2. The summed E-state index contributed by atoms with van der Waals surface area (Å²) in [5.41, 5.74) is 1.65. The van der Waals surface area contributed by atoms with Crippen molar-refractivity contribution in [3.05, 3.63) is 65.7 Å². The Morgan fingerprint density at radius 1 is 1.07 bits per heavy atom. The van der Waals surface area contributed by atoms with Crippen LogP contribution in [0.1, 0.15) is 31.4 Å². The molecule has 0 aromatic heterocycles. The standard InChI is InChI=1S/C21H25N3O3S/c1-15(2)14-18(21(25)22-13-12-16-8-4-3-5-9-16)23-20-17-10-6-7-11-19(17)28(26,27)24-20/h3-11,15,18H,12-14H2,1-2H3,(H,22,25)(H,23,24). The van der Waals surface area contributed by atoms with E-state index in [-0.39, 0.29) is 22.6 Å².